The van der Waals surface area contributed by atoms with Gasteiger partial charge in [-0.15, -0.1) is 0 Å². The van der Waals surface area contributed by atoms with E-state index < -0.39 is 11.8 Å². The summed E-state index contributed by atoms with van der Waals surface area (Å²) in [4.78, 5) is 34.2. The lowest BCUT2D eigenvalue weighted by Crippen LogP contribution is -2.39. The predicted molar refractivity (Wildman–Crippen MR) is 81.0 cm³/mol. The Bertz CT molecular complexity index is 557. The lowest BCUT2D eigenvalue weighted by molar-refractivity contribution is -0.139. The molecule has 0 bridgehead atoms. The number of carbonyl (C=O) groups is 3. The summed E-state index contributed by atoms with van der Waals surface area (Å²) in [5.41, 5.74) is 3.04. The fraction of sp³-hybridized carbons (Fsp3) is 0.286. The fourth-order valence-electron chi connectivity index (χ4n) is 1.45. The quantitative estimate of drug-likeness (QED) is 0.325. The van der Waals surface area contributed by atoms with Crippen LogP contribution in [0.2, 0.25) is 0 Å². The van der Waals surface area contributed by atoms with E-state index >= 15 is 0 Å². The van der Waals surface area contributed by atoms with Crippen molar-refractivity contribution in [2.24, 2.45) is 5.10 Å². The molecule has 8 heteroatoms. The Morgan fingerprint density at radius 1 is 1.14 bits per heavy atom. The zero-order valence-corrected chi connectivity index (χ0v) is 12.1. The summed E-state index contributed by atoms with van der Waals surface area (Å²) in [7, 11) is 0. The lowest BCUT2D eigenvalue weighted by Gasteiger charge is -2.05. The van der Waals surface area contributed by atoms with Crippen LogP contribution in [0.4, 0.5) is 5.69 Å². The monoisotopic (exact) mass is 306 g/mol. The zero-order chi connectivity index (χ0) is 16.4. The normalized spacial score (nSPS) is 10.7. The first-order chi connectivity index (χ1) is 10.5. The molecule has 22 heavy (non-hydrogen) atoms. The van der Waals surface area contributed by atoms with Crippen molar-refractivity contribution in [1.29, 1.82) is 0 Å². The summed E-state index contributed by atoms with van der Waals surface area (Å²) in [5, 5.41) is 17.0. The van der Waals surface area contributed by atoms with Crippen molar-refractivity contribution < 1.29 is 19.5 Å². The largest absolute Gasteiger partial charge is 0.395 e. The van der Waals surface area contributed by atoms with E-state index in [2.05, 4.69) is 15.7 Å². The van der Waals surface area contributed by atoms with Crippen LogP contribution in [0.1, 0.15) is 13.3 Å². The number of hydrazone groups is 1. The predicted octanol–water partition coefficient (Wildman–Crippen LogP) is -0.384. The van der Waals surface area contributed by atoms with Crippen molar-refractivity contribution in [3.63, 3.8) is 0 Å². The molecule has 0 saturated carbocycles. The third-order valence-corrected chi connectivity index (χ3v) is 2.43. The maximum Gasteiger partial charge on any atom is 0.329 e. The number of carbonyl (C=O) groups excluding carboxylic acids is 3. The molecule has 0 aliphatic heterocycles. The van der Waals surface area contributed by atoms with Crippen LogP contribution in [0.3, 0.4) is 0 Å². The molecule has 118 valence electrons. The van der Waals surface area contributed by atoms with Crippen molar-refractivity contribution in [3.05, 3.63) is 30.3 Å². The molecule has 0 aliphatic carbocycles. The SMILES string of the molecule is C/C(CC(=O)Nc1ccccc1)=N\NC(=O)C(=O)NCCO. The van der Waals surface area contributed by atoms with Gasteiger partial charge in [0.25, 0.3) is 0 Å². The summed E-state index contributed by atoms with van der Waals surface area (Å²) in [6.45, 7) is 1.27. The average molecular weight is 306 g/mol. The van der Waals surface area contributed by atoms with Gasteiger partial charge in [0.15, 0.2) is 0 Å². The molecule has 1 aromatic carbocycles. The molecule has 4 N–H and O–H groups in total. The molecule has 1 rings (SSSR count). The van der Waals surface area contributed by atoms with Crippen molar-refractivity contribution in [2.45, 2.75) is 13.3 Å². The number of hydrogen-bond acceptors (Lipinski definition) is 5. The van der Waals surface area contributed by atoms with Gasteiger partial charge in [-0.3, -0.25) is 14.4 Å². The number of para-hydroxylation sites is 1. The second kappa shape index (κ2) is 9.24. The second-order valence-electron chi connectivity index (χ2n) is 4.36. The van der Waals surface area contributed by atoms with Gasteiger partial charge in [-0.05, 0) is 19.1 Å². The maximum absolute atomic E-state index is 11.7. The Kier molecular flexibility index (Phi) is 7.27. The summed E-state index contributed by atoms with van der Waals surface area (Å²) in [6.07, 6.45) is -0.0204. The Hall–Kier alpha value is -2.74. The minimum absolute atomic E-state index is 0.0194. The van der Waals surface area contributed by atoms with Crippen molar-refractivity contribution in [1.82, 2.24) is 10.7 Å². The van der Waals surface area contributed by atoms with E-state index in [1.54, 1.807) is 31.2 Å². The first-order valence-corrected chi connectivity index (χ1v) is 6.60. The van der Waals surface area contributed by atoms with E-state index in [0.717, 1.165) is 0 Å². The minimum atomic E-state index is -0.962. The Morgan fingerprint density at radius 3 is 2.45 bits per heavy atom. The van der Waals surface area contributed by atoms with Crippen LogP contribution in [0.5, 0.6) is 0 Å². The van der Waals surface area contributed by atoms with Gasteiger partial charge < -0.3 is 15.7 Å². The second-order valence-corrected chi connectivity index (χ2v) is 4.36. The Balaban J connectivity index is 2.40. The standard InChI is InChI=1S/C14H18N4O4/c1-10(17-18-14(22)13(21)15-7-8-19)9-12(20)16-11-5-3-2-4-6-11/h2-6,19H,7-9H2,1H3,(H,15,21)(H,16,20)(H,18,22)/b17-10+. The molecule has 0 atom stereocenters. The molecule has 0 radical (unpaired) electrons. The van der Waals surface area contributed by atoms with Crippen LogP contribution in [0.15, 0.2) is 35.4 Å². The topological polar surface area (TPSA) is 120 Å². The van der Waals surface area contributed by atoms with Crippen LogP contribution in [-0.2, 0) is 14.4 Å². The summed E-state index contributed by atoms with van der Waals surface area (Å²) in [6, 6.07) is 8.92. The molecular formula is C14H18N4O4. The van der Waals surface area contributed by atoms with Gasteiger partial charge >= 0.3 is 11.8 Å². The first-order valence-electron chi connectivity index (χ1n) is 6.60. The molecule has 0 saturated heterocycles. The summed E-state index contributed by atoms with van der Waals surface area (Å²) in [5.74, 6) is -2.15. The highest BCUT2D eigenvalue weighted by Crippen LogP contribution is 2.05. The van der Waals surface area contributed by atoms with Gasteiger partial charge in [0, 0.05) is 17.9 Å². The number of nitrogens with zero attached hydrogens (tertiary/aromatic N) is 1. The molecule has 0 unspecified atom stereocenters. The van der Waals surface area contributed by atoms with Crippen LogP contribution in [-0.4, -0.2) is 41.7 Å². The van der Waals surface area contributed by atoms with Crippen molar-refractivity contribution in [3.8, 4) is 0 Å². The number of hydrogen-bond donors (Lipinski definition) is 4. The van der Waals surface area contributed by atoms with E-state index in [9.17, 15) is 14.4 Å². The van der Waals surface area contributed by atoms with E-state index in [1.807, 2.05) is 11.5 Å². The summed E-state index contributed by atoms with van der Waals surface area (Å²) >= 11 is 0. The molecule has 0 fully saturated rings. The molecule has 3 amide bonds. The lowest BCUT2D eigenvalue weighted by atomic mass is 10.2. The molecule has 0 heterocycles. The molecule has 0 spiro atoms. The van der Waals surface area contributed by atoms with E-state index in [1.165, 1.54) is 0 Å². The number of anilines is 1. The highest BCUT2D eigenvalue weighted by molar-refractivity contribution is 6.35. The summed E-state index contributed by atoms with van der Waals surface area (Å²) < 4.78 is 0. The number of nitrogens with one attached hydrogen (secondary N) is 3. The number of benzene rings is 1. The van der Waals surface area contributed by atoms with Gasteiger partial charge in [0.1, 0.15) is 0 Å². The number of rotatable bonds is 6. The molecule has 0 aromatic heterocycles. The molecule has 1 aromatic rings. The van der Waals surface area contributed by atoms with Crippen molar-refractivity contribution >= 4 is 29.1 Å². The van der Waals surface area contributed by atoms with Gasteiger partial charge in [-0.25, -0.2) is 5.43 Å². The highest BCUT2D eigenvalue weighted by atomic mass is 16.3. The van der Waals surface area contributed by atoms with Gasteiger partial charge in [0.2, 0.25) is 5.91 Å². The molecule has 8 nitrogen and oxygen atoms in total. The van der Waals surface area contributed by atoms with E-state index in [-0.39, 0.29) is 25.5 Å². The van der Waals surface area contributed by atoms with Crippen molar-refractivity contribution in [2.75, 3.05) is 18.5 Å². The average Bonchev–Trinajstić information content (AvgIpc) is 2.51. The smallest absolute Gasteiger partial charge is 0.329 e. The van der Waals surface area contributed by atoms with Crippen LogP contribution in [0, 0.1) is 0 Å². The van der Waals surface area contributed by atoms with E-state index in [4.69, 9.17) is 5.11 Å². The minimum Gasteiger partial charge on any atom is -0.395 e. The van der Waals surface area contributed by atoms with E-state index in [0.29, 0.717) is 11.4 Å². The third kappa shape index (κ3) is 6.62. The first kappa shape index (κ1) is 17.3. The maximum atomic E-state index is 11.7. The van der Waals surface area contributed by atoms with Gasteiger partial charge in [0.05, 0.1) is 13.0 Å². The van der Waals surface area contributed by atoms with Crippen LogP contribution in [0.25, 0.3) is 0 Å². The van der Waals surface area contributed by atoms with Crippen LogP contribution < -0.4 is 16.1 Å². The fourth-order valence-corrected chi connectivity index (χ4v) is 1.45. The van der Waals surface area contributed by atoms with Gasteiger partial charge in [-0.2, -0.15) is 5.10 Å². The highest BCUT2D eigenvalue weighted by Gasteiger charge is 2.12. The third-order valence-electron chi connectivity index (χ3n) is 2.43. The molecule has 0 aliphatic rings. The van der Waals surface area contributed by atoms with Gasteiger partial charge in [-0.1, -0.05) is 18.2 Å². The Morgan fingerprint density at radius 2 is 1.82 bits per heavy atom. The number of aliphatic hydroxyl groups is 1. The van der Waals surface area contributed by atoms with Crippen LogP contribution >= 0.6 is 0 Å². The molecular weight excluding hydrogens is 288 g/mol. The number of aliphatic hydroxyl groups excluding tert-OH is 1. The Labute approximate surface area is 127 Å². The number of amides is 3. The zero-order valence-electron chi connectivity index (χ0n) is 12.1.